The third-order valence-electron chi connectivity index (χ3n) is 4.66. The van der Waals surface area contributed by atoms with Gasteiger partial charge in [-0.05, 0) is 45.7 Å². The molecule has 1 atom stereocenters. The number of nitrogens with zero attached hydrogens (tertiary/aromatic N) is 2. The Kier molecular flexibility index (Phi) is 6.19. The van der Waals surface area contributed by atoms with Gasteiger partial charge < -0.3 is 5.32 Å². The predicted molar refractivity (Wildman–Crippen MR) is 95.5 cm³/mol. The lowest BCUT2D eigenvalue weighted by Crippen LogP contribution is -2.54. The van der Waals surface area contributed by atoms with Crippen LogP contribution >= 0.6 is 0 Å². The van der Waals surface area contributed by atoms with Gasteiger partial charge in [0, 0.05) is 38.8 Å². The molecule has 1 aromatic rings. The molecule has 1 unspecified atom stereocenters. The molecule has 0 spiro atoms. The fourth-order valence-electron chi connectivity index (χ4n) is 3.09. The number of amides is 1. The second-order valence-corrected chi connectivity index (χ2v) is 7.08. The van der Waals surface area contributed by atoms with Crippen LogP contribution in [-0.2, 0) is 11.3 Å². The summed E-state index contributed by atoms with van der Waals surface area (Å²) >= 11 is 0. The largest absolute Gasteiger partial charge is 0.353 e. The van der Waals surface area contributed by atoms with E-state index in [1.165, 1.54) is 16.7 Å². The Bertz CT molecular complexity index is 533. The smallest absolute Gasteiger partial charge is 0.237 e. The molecule has 2 rings (SSSR count). The molecule has 1 aliphatic rings. The van der Waals surface area contributed by atoms with Crippen LogP contribution in [0.5, 0.6) is 0 Å². The minimum absolute atomic E-state index is 0.0414. The zero-order valence-electron chi connectivity index (χ0n) is 15.2. The summed E-state index contributed by atoms with van der Waals surface area (Å²) in [5.41, 5.74) is 4.11. The van der Waals surface area contributed by atoms with E-state index in [-0.39, 0.29) is 18.0 Å². The van der Waals surface area contributed by atoms with Gasteiger partial charge in [0.1, 0.15) is 0 Å². The Hall–Kier alpha value is -1.39. The number of aryl methyl sites for hydroxylation is 2. The predicted octanol–water partition coefficient (Wildman–Crippen LogP) is 2.33. The maximum atomic E-state index is 12.1. The summed E-state index contributed by atoms with van der Waals surface area (Å²) < 4.78 is 0. The van der Waals surface area contributed by atoms with Crippen molar-refractivity contribution in [2.45, 2.75) is 53.2 Å². The highest BCUT2D eigenvalue weighted by Gasteiger charge is 2.25. The Morgan fingerprint density at radius 3 is 2.39 bits per heavy atom. The van der Waals surface area contributed by atoms with E-state index in [9.17, 15) is 4.79 Å². The fourth-order valence-corrected chi connectivity index (χ4v) is 3.09. The Balaban J connectivity index is 1.86. The van der Waals surface area contributed by atoms with Crippen LogP contribution in [0.3, 0.4) is 0 Å². The van der Waals surface area contributed by atoms with Crippen molar-refractivity contribution in [3.05, 3.63) is 34.9 Å². The molecular formula is C19H31N3O. The van der Waals surface area contributed by atoms with Crippen LogP contribution in [0.25, 0.3) is 0 Å². The van der Waals surface area contributed by atoms with Crippen LogP contribution in [0, 0.1) is 13.8 Å². The third-order valence-corrected chi connectivity index (χ3v) is 4.66. The Morgan fingerprint density at radius 2 is 1.78 bits per heavy atom. The average Bonchev–Trinajstić information content (AvgIpc) is 2.50. The number of carbonyl (C=O) groups is 1. The molecule has 23 heavy (non-hydrogen) atoms. The molecule has 4 heteroatoms. The molecule has 1 fully saturated rings. The first-order chi connectivity index (χ1) is 10.9. The number of hydrogen-bond donors (Lipinski definition) is 1. The Labute approximate surface area is 140 Å². The van der Waals surface area contributed by atoms with Crippen LogP contribution in [0.2, 0.25) is 0 Å². The van der Waals surface area contributed by atoms with Gasteiger partial charge in [0.05, 0.1) is 6.04 Å². The topological polar surface area (TPSA) is 35.6 Å². The first-order valence-corrected chi connectivity index (χ1v) is 8.69. The molecule has 4 nitrogen and oxygen atoms in total. The number of piperazine rings is 1. The standard InChI is InChI=1S/C19H31N3O/c1-14(2)20-19(23)17(5)22-10-8-21(9-11-22)13-18-12-15(3)6-7-16(18)4/h6-7,12,14,17H,8-11,13H2,1-5H3,(H,20,23). The van der Waals surface area contributed by atoms with Gasteiger partial charge in [-0.25, -0.2) is 0 Å². The molecule has 1 heterocycles. The second-order valence-electron chi connectivity index (χ2n) is 7.08. The molecule has 128 valence electrons. The van der Waals surface area contributed by atoms with Crippen LogP contribution in [0.15, 0.2) is 18.2 Å². The molecule has 0 bridgehead atoms. The van der Waals surface area contributed by atoms with Gasteiger partial charge in [-0.15, -0.1) is 0 Å². The highest BCUT2D eigenvalue weighted by atomic mass is 16.2. The fraction of sp³-hybridized carbons (Fsp3) is 0.632. The van der Waals surface area contributed by atoms with Crippen molar-refractivity contribution in [2.24, 2.45) is 0 Å². The molecular weight excluding hydrogens is 286 g/mol. The highest BCUT2D eigenvalue weighted by Crippen LogP contribution is 2.15. The molecule has 0 saturated carbocycles. The van der Waals surface area contributed by atoms with Crippen LogP contribution < -0.4 is 5.32 Å². The molecule has 0 aromatic heterocycles. The van der Waals surface area contributed by atoms with Gasteiger partial charge in [0.25, 0.3) is 0 Å². The zero-order valence-corrected chi connectivity index (χ0v) is 15.2. The molecule has 1 aromatic carbocycles. The minimum Gasteiger partial charge on any atom is -0.353 e. The molecule has 0 aliphatic carbocycles. The first-order valence-electron chi connectivity index (χ1n) is 8.69. The van der Waals surface area contributed by atoms with Crippen molar-refractivity contribution >= 4 is 5.91 Å². The molecule has 1 aliphatic heterocycles. The number of nitrogens with one attached hydrogen (secondary N) is 1. The van der Waals surface area contributed by atoms with E-state index >= 15 is 0 Å². The van der Waals surface area contributed by atoms with Crippen molar-refractivity contribution in [3.8, 4) is 0 Å². The molecule has 1 N–H and O–H groups in total. The number of benzene rings is 1. The van der Waals surface area contributed by atoms with Crippen molar-refractivity contribution < 1.29 is 4.79 Å². The summed E-state index contributed by atoms with van der Waals surface area (Å²) in [5, 5.41) is 3.01. The highest BCUT2D eigenvalue weighted by molar-refractivity contribution is 5.81. The van der Waals surface area contributed by atoms with Crippen molar-refractivity contribution in [2.75, 3.05) is 26.2 Å². The van der Waals surface area contributed by atoms with Gasteiger partial charge in [-0.2, -0.15) is 0 Å². The summed E-state index contributed by atoms with van der Waals surface area (Å²) in [5.74, 6) is 0.142. The van der Waals surface area contributed by atoms with E-state index in [2.05, 4.69) is 47.2 Å². The van der Waals surface area contributed by atoms with Gasteiger partial charge >= 0.3 is 0 Å². The summed E-state index contributed by atoms with van der Waals surface area (Å²) in [6.07, 6.45) is 0. The van der Waals surface area contributed by atoms with E-state index in [1.807, 2.05) is 20.8 Å². The lowest BCUT2D eigenvalue weighted by Gasteiger charge is -2.37. The molecule has 1 saturated heterocycles. The third kappa shape index (κ3) is 5.05. The van der Waals surface area contributed by atoms with Crippen LogP contribution in [0.4, 0.5) is 0 Å². The van der Waals surface area contributed by atoms with Crippen molar-refractivity contribution in [3.63, 3.8) is 0 Å². The van der Waals surface area contributed by atoms with E-state index in [0.29, 0.717) is 0 Å². The normalized spacial score (nSPS) is 18.2. The monoisotopic (exact) mass is 317 g/mol. The SMILES string of the molecule is Cc1ccc(C)c(CN2CCN(C(C)C(=O)NC(C)C)CC2)c1. The van der Waals surface area contributed by atoms with Crippen molar-refractivity contribution in [1.82, 2.24) is 15.1 Å². The van der Waals surface area contributed by atoms with Gasteiger partial charge in [-0.1, -0.05) is 23.8 Å². The second kappa shape index (κ2) is 7.93. The first kappa shape index (κ1) is 18.0. The maximum absolute atomic E-state index is 12.1. The molecule has 1 amide bonds. The summed E-state index contributed by atoms with van der Waals surface area (Å²) in [6, 6.07) is 6.83. The van der Waals surface area contributed by atoms with E-state index < -0.39 is 0 Å². The summed E-state index contributed by atoms with van der Waals surface area (Å²) in [6.45, 7) is 15.3. The minimum atomic E-state index is -0.0414. The Morgan fingerprint density at radius 1 is 1.13 bits per heavy atom. The van der Waals surface area contributed by atoms with Gasteiger partial charge in [0.2, 0.25) is 5.91 Å². The lowest BCUT2D eigenvalue weighted by molar-refractivity contribution is -0.127. The summed E-state index contributed by atoms with van der Waals surface area (Å²) in [7, 11) is 0. The number of rotatable bonds is 5. The average molecular weight is 317 g/mol. The summed E-state index contributed by atoms with van der Waals surface area (Å²) in [4.78, 5) is 16.9. The van der Waals surface area contributed by atoms with Gasteiger partial charge in [-0.3, -0.25) is 14.6 Å². The van der Waals surface area contributed by atoms with E-state index in [1.54, 1.807) is 0 Å². The maximum Gasteiger partial charge on any atom is 0.237 e. The van der Waals surface area contributed by atoms with Crippen LogP contribution in [-0.4, -0.2) is 54.0 Å². The number of carbonyl (C=O) groups excluding carboxylic acids is 1. The lowest BCUT2D eigenvalue weighted by atomic mass is 10.0. The van der Waals surface area contributed by atoms with Gasteiger partial charge in [0.15, 0.2) is 0 Å². The van der Waals surface area contributed by atoms with Crippen LogP contribution in [0.1, 0.15) is 37.5 Å². The van der Waals surface area contributed by atoms with E-state index in [4.69, 9.17) is 0 Å². The quantitative estimate of drug-likeness (QED) is 0.905. The van der Waals surface area contributed by atoms with E-state index in [0.717, 1.165) is 32.7 Å². The number of hydrogen-bond acceptors (Lipinski definition) is 3. The molecule has 0 radical (unpaired) electrons. The van der Waals surface area contributed by atoms with Crippen molar-refractivity contribution in [1.29, 1.82) is 0 Å². The zero-order chi connectivity index (χ0) is 17.0.